The molecular formula is C19H21N3O4. The van der Waals surface area contributed by atoms with E-state index in [1.807, 2.05) is 13.8 Å². The fourth-order valence-corrected chi connectivity index (χ4v) is 2.39. The van der Waals surface area contributed by atoms with Gasteiger partial charge >= 0.3 is 5.97 Å². The molecule has 2 amide bonds. The van der Waals surface area contributed by atoms with Crippen LogP contribution in [0, 0.1) is 0 Å². The fourth-order valence-electron chi connectivity index (χ4n) is 2.39. The summed E-state index contributed by atoms with van der Waals surface area (Å²) in [7, 11) is 1.29. The van der Waals surface area contributed by atoms with Crippen LogP contribution in [-0.2, 0) is 4.74 Å². The van der Waals surface area contributed by atoms with Gasteiger partial charge in [0, 0.05) is 18.8 Å². The number of carbonyl (C=O) groups excluding carboxylic acids is 3. The summed E-state index contributed by atoms with van der Waals surface area (Å²) in [6.07, 6.45) is 0. The lowest BCUT2D eigenvalue weighted by molar-refractivity contribution is 0.0600. The van der Waals surface area contributed by atoms with E-state index in [2.05, 4.69) is 15.0 Å². The molecule has 0 unspecified atom stereocenters. The van der Waals surface area contributed by atoms with Gasteiger partial charge < -0.3 is 15.0 Å². The molecule has 0 fully saturated rings. The van der Waals surface area contributed by atoms with Crippen LogP contribution in [0.2, 0.25) is 0 Å². The van der Waals surface area contributed by atoms with Gasteiger partial charge in [-0.25, -0.2) is 9.78 Å². The van der Waals surface area contributed by atoms with Gasteiger partial charge in [-0.15, -0.1) is 0 Å². The minimum Gasteiger partial charge on any atom is -0.465 e. The number of hydrogen-bond acceptors (Lipinski definition) is 5. The molecule has 1 N–H and O–H groups in total. The van der Waals surface area contributed by atoms with Gasteiger partial charge in [-0.1, -0.05) is 12.1 Å². The molecule has 0 aliphatic rings. The summed E-state index contributed by atoms with van der Waals surface area (Å²) in [5.41, 5.74) is 1.08. The molecule has 26 heavy (non-hydrogen) atoms. The molecule has 7 nitrogen and oxygen atoms in total. The standard InChI is InChI=1S/C19H21N3O4/c1-4-22(5-2)18(24)16-11-7-10-15(21-16)17(23)20-14-9-6-8-13(12-14)19(25)26-3/h6-12H,4-5H2,1-3H3,(H,20,23). The van der Waals surface area contributed by atoms with E-state index in [1.165, 1.54) is 19.2 Å². The van der Waals surface area contributed by atoms with E-state index in [0.29, 0.717) is 24.3 Å². The summed E-state index contributed by atoms with van der Waals surface area (Å²) in [4.78, 5) is 42.2. The highest BCUT2D eigenvalue weighted by molar-refractivity contribution is 6.04. The Morgan fingerprint density at radius 2 is 1.69 bits per heavy atom. The molecule has 1 aromatic heterocycles. The van der Waals surface area contributed by atoms with Crippen LogP contribution in [0.4, 0.5) is 5.69 Å². The van der Waals surface area contributed by atoms with Crippen LogP contribution in [0.25, 0.3) is 0 Å². The van der Waals surface area contributed by atoms with Crippen LogP contribution in [0.1, 0.15) is 45.2 Å². The molecule has 0 radical (unpaired) electrons. The summed E-state index contributed by atoms with van der Waals surface area (Å²) in [6, 6.07) is 11.1. The van der Waals surface area contributed by atoms with Crippen LogP contribution in [0.3, 0.4) is 0 Å². The largest absolute Gasteiger partial charge is 0.465 e. The number of rotatable bonds is 6. The normalized spacial score (nSPS) is 10.1. The van der Waals surface area contributed by atoms with Crippen molar-refractivity contribution in [1.82, 2.24) is 9.88 Å². The van der Waals surface area contributed by atoms with E-state index >= 15 is 0 Å². The van der Waals surface area contributed by atoms with Crippen molar-refractivity contribution in [2.75, 3.05) is 25.5 Å². The van der Waals surface area contributed by atoms with Crippen molar-refractivity contribution >= 4 is 23.5 Å². The van der Waals surface area contributed by atoms with Crippen LogP contribution in [-0.4, -0.2) is 47.9 Å². The first-order chi connectivity index (χ1) is 12.5. The Morgan fingerprint density at radius 1 is 1.04 bits per heavy atom. The van der Waals surface area contributed by atoms with Crippen LogP contribution in [0.15, 0.2) is 42.5 Å². The molecule has 1 aromatic carbocycles. The van der Waals surface area contributed by atoms with Gasteiger partial charge in [0.1, 0.15) is 11.4 Å². The Kier molecular flexibility index (Phi) is 6.43. The van der Waals surface area contributed by atoms with Crippen LogP contribution in [0.5, 0.6) is 0 Å². The molecule has 7 heteroatoms. The van der Waals surface area contributed by atoms with Gasteiger partial charge in [-0.05, 0) is 44.2 Å². The molecule has 0 bridgehead atoms. The number of carbonyl (C=O) groups is 3. The Bertz CT molecular complexity index is 816. The van der Waals surface area contributed by atoms with Gasteiger partial charge in [-0.2, -0.15) is 0 Å². The molecule has 0 aliphatic carbocycles. The molecule has 0 spiro atoms. The Morgan fingerprint density at radius 3 is 2.35 bits per heavy atom. The number of nitrogens with one attached hydrogen (secondary N) is 1. The van der Waals surface area contributed by atoms with Crippen molar-refractivity contribution in [1.29, 1.82) is 0 Å². The lowest BCUT2D eigenvalue weighted by Gasteiger charge is -2.18. The Hall–Kier alpha value is -3.22. The molecule has 0 saturated carbocycles. The summed E-state index contributed by atoms with van der Waals surface area (Å²) in [5, 5.41) is 2.67. The predicted octanol–water partition coefficient (Wildman–Crippen LogP) is 2.60. The van der Waals surface area contributed by atoms with Gasteiger partial charge in [0.15, 0.2) is 0 Å². The van der Waals surface area contributed by atoms with Crippen LogP contribution >= 0.6 is 0 Å². The summed E-state index contributed by atoms with van der Waals surface area (Å²) < 4.78 is 4.66. The number of benzene rings is 1. The maximum atomic E-state index is 12.4. The van der Waals surface area contributed by atoms with E-state index in [-0.39, 0.29) is 17.3 Å². The number of nitrogens with zero attached hydrogens (tertiary/aromatic N) is 2. The van der Waals surface area contributed by atoms with E-state index in [4.69, 9.17) is 0 Å². The first-order valence-electron chi connectivity index (χ1n) is 8.26. The second kappa shape index (κ2) is 8.75. The number of anilines is 1. The highest BCUT2D eigenvalue weighted by Gasteiger charge is 2.16. The van der Waals surface area contributed by atoms with Crippen molar-refractivity contribution < 1.29 is 19.1 Å². The Labute approximate surface area is 152 Å². The number of aromatic nitrogens is 1. The minimum absolute atomic E-state index is 0.117. The average molecular weight is 355 g/mol. The van der Waals surface area contributed by atoms with E-state index in [1.54, 1.807) is 35.2 Å². The molecular weight excluding hydrogens is 334 g/mol. The van der Waals surface area contributed by atoms with Crippen molar-refractivity contribution in [2.24, 2.45) is 0 Å². The summed E-state index contributed by atoms with van der Waals surface area (Å²) in [5.74, 6) is -1.19. The van der Waals surface area contributed by atoms with Crippen molar-refractivity contribution in [3.63, 3.8) is 0 Å². The Balaban J connectivity index is 2.19. The third-order valence-corrected chi connectivity index (χ3v) is 3.79. The van der Waals surface area contributed by atoms with Gasteiger partial charge in [0.2, 0.25) is 0 Å². The van der Waals surface area contributed by atoms with Gasteiger partial charge in [-0.3, -0.25) is 9.59 Å². The van der Waals surface area contributed by atoms with Crippen LogP contribution < -0.4 is 5.32 Å². The zero-order valence-corrected chi connectivity index (χ0v) is 15.0. The third kappa shape index (κ3) is 4.44. The van der Waals surface area contributed by atoms with Crippen molar-refractivity contribution in [3.8, 4) is 0 Å². The average Bonchev–Trinajstić information content (AvgIpc) is 2.68. The van der Waals surface area contributed by atoms with Gasteiger partial charge in [0.25, 0.3) is 11.8 Å². The summed E-state index contributed by atoms with van der Waals surface area (Å²) in [6.45, 7) is 4.89. The molecule has 2 aromatic rings. The predicted molar refractivity (Wildman–Crippen MR) is 97.2 cm³/mol. The highest BCUT2D eigenvalue weighted by Crippen LogP contribution is 2.13. The molecule has 0 atom stereocenters. The molecule has 1 heterocycles. The number of hydrogen-bond donors (Lipinski definition) is 1. The number of methoxy groups -OCH3 is 1. The number of esters is 1. The van der Waals surface area contributed by atoms with E-state index in [0.717, 1.165) is 0 Å². The smallest absolute Gasteiger partial charge is 0.337 e. The third-order valence-electron chi connectivity index (χ3n) is 3.79. The minimum atomic E-state index is -0.494. The van der Waals surface area contributed by atoms with Crippen molar-refractivity contribution in [3.05, 3.63) is 59.4 Å². The SMILES string of the molecule is CCN(CC)C(=O)c1cccc(C(=O)Nc2cccc(C(=O)OC)c2)n1. The zero-order chi connectivity index (χ0) is 19.1. The number of ether oxygens (including phenoxy) is 1. The topological polar surface area (TPSA) is 88.6 Å². The lowest BCUT2D eigenvalue weighted by Crippen LogP contribution is -2.31. The summed E-state index contributed by atoms with van der Waals surface area (Å²) >= 11 is 0. The monoisotopic (exact) mass is 355 g/mol. The highest BCUT2D eigenvalue weighted by atomic mass is 16.5. The maximum absolute atomic E-state index is 12.4. The molecule has 0 saturated heterocycles. The lowest BCUT2D eigenvalue weighted by atomic mass is 10.2. The first kappa shape index (κ1) is 19.1. The van der Waals surface area contributed by atoms with E-state index < -0.39 is 11.9 Å². The van der Waals surface area contributed by atoms with E-state index in [9.17, 15) is 14.4 Å². The number of pyridine rings is 1. The second-order valence-electron chi connectivity index (χ2n) is 5.41. The quantitative estimate of drug-likeness (QED) is 0.805. The fraction of sp³-hybridized carbons (Fsp3) is 0.263. The van der Waals surface area contributed by atoms with Crippen molar-refractivity contribution in [2.45, 2.75) is 13.8 Å². The molecule has 136 valence electrons. The number of amides is 2. The second-order valence-corrected chi connectivity index (χ2v) is 5.41. The molecule has 2 rings (SSSR count). The van der Waals surface area contributed by atoms with Gasteiger partial charge in [0.05, 0.1) is 12.7 Å². The first-order valence-corrected chi connectivity index (χ1v) is 8.26. The maximum Gasteiger partial charge on any atom is 0.337 e. The zero-order valence-electron chi connectivity index (χ0n) is 15.0. The molecule has 0 aliphatic heterocycles.